The fourth-order valence-electron chi connectivity index (χ4n) is 3.97. The van der Waals surface area contributed by atoms with Crippen molar-refractivity contribution in [1.29, 1.82) is 0 Å². The van der Waals surface area contributed by atoms with E-state index in [1.165, 1.54) is 5.01 Å². The van der Waals surface area contributed by atoms with Crippen molar-refractivity contribution in [3.05, 3.63) is 45.9 Å². The van der Waals surface area contributed by atoms with Crippen LogP contribution in [0.25, 0.3) is 0 Å². The summed E-state index contributed by atoms with van der Waals surface area (Å²) in [5.41, 5.74) is 2.15. The van der Waals surface area contributed by atoms with Crippen LogP contribution < -0.4 is 4.74 Å². The first-order valence-electron chi connectivity index (χ1n) is 10.7. The summed E-state index contributed by atoms with van der Waals surface area (Å²) in [4.78, 5) is 7.38. The molecule has 0 atom stereocenters. The summed E-state index contributed by atoms with van der Waals surface area (Å²) >= 11 is 1.73. The Morgan fingerprint density at radius 2 is 1.74 bits per heavy atom. The van der Waals surface area contributed by atoms with E-state index in [0.29, 0.717) is 12.5 Å². The quantitative estimate of drug-likeness (QED) is 0.657. The molecule has 0 saturated carbocycles. The van der Waals surface area contributed by atoms with Gasteiger partial charge in [0.25, 0.3) is 0 Å². The van der Waals surface area contributed by atoms with Crippen LogP contribution in [0, 0.1) is 0 Å². The van der Waals surface area contributed by atoms with Gasteiger partial charge >= 0.3 is 10.4 Å². The first-order valence-corrected chi connectivity index (χ1v) is 12.9. The highest BCUT2D eigenvalue weighted by Gasteiger charge is 2.29. The van der Waals surface area contributed by atoms with Crippen LogP contribution >= 0.6 is 11.3 Å². The average molecular weight is 467 g/mol. The fourth-order valence-corrected chi connectivity index (χ4v) is 5.68. The molecule has 0 radical (unpaired) electrons. The van der Waals surface area contributed by atoms with Gasteiger partial charge in [-0.2, -0.15) is 8.42 Å². The van der Waals surface area contributed by atoms with E-state index in [0.717, 1.165) is 42.9 Å². The van der Waals surface area contributed by atoms with Crippen LogP contribution in [-0.2, 0) is 25.4 Å². The van der Waals surface area contributed by atoms with E-state index in [9.17, 15) is 8.42 Å². The standard InChI is InChI=1S/C22H30N2O5S2/c1-22(2,3)24-10-8-17(9-11-24)21-23-19(15-30-21)14-27-20-6-4-16(5-7-20)18-12-28-31(25,26)29-13-18/h4-7,15,17-18H,8-14H2,1-3H3. The van der Waals surface area contributed by atoms with E-state index in [1.807, 2.05) is 24.3 Å². The minimum atomic E-state index is -3.82. The van der Waals surface area contributed by atoms with Crippen molar-refractivity contribution >= 4 is 21.7 Å². The van der Waals surface area contributed by atoms with Crippen molar-refractivity contribution in [3.8, 4) is 5.75 Å². The Morgan fingerprint density at radius 3 is 2.35 bits per heavy atom. The smallest absolute Gasteiger partial charge is 0.399 e. The highest BCUT2D eigenvalue weighted by molar-refractivity contribution is 7.81. The molecule has 170 valence electrons. The molecular formula is C22H30N2O5S2. The fraction of sp³-hybridized carbons (Fsp3) is 0.591. The summed E-state index contributed by atoms with van der Waals surface area (Å²) < 4.78 is 37.8. The third-order valence-electron chi connectivity index (χ3n) is 5.93. The van der Waals surface area contributed by atoms with Crippen LogP contribution in [0.3, 0.4) is 0 Å². The molecule has 9 heteroatoms. The van der Waals surface area contributed by atoms with Gasteiger partial charge in [-0.3, -0.25) is 4.90 Å². The molecule has 2 saturated heterocycles. The van der Waals surface area contributed by atoms with Crippen molar-refractivity contribution in [1.82, 2.24) is 9.88 Å². The Morgan fingerprint density at radius 1 is 1.10 bits per heavy atom. The zero-order chi connectivity index (χ0) is 22.1. The monoisotopic (exact) mass is 466 g/mol. The highest BCUT2D eigenvalue weighted by Crippen LogP contribution is 2.33. The zero-order valence-electron chi connectivity index (χ0n) is 18.2. The molecule has 0 bridgehead atoms. The summed E-state index contributed by atoms with van der Waals surface area (Å²) in [5, 5.41) is 3.31. The number of likely N-dealkylation sites (tertiary alicyclic amines) is 1. The number of piperidine rings is 1. The number of nitrogens with zero attached hydrogens (tertiary/aromatic N) is 2. The number of thiazole rings is 1. The van der Waals surface area contributed by atoms with E-state index in [-0.39, 0.29) is 24.7 Å². The molecule has 0 aliphatic carbocycles. The topological polar surface area (TPSA) is 78.0 Å². The van der Waals surface area contributed by atoms with Gasteiger partial charge in [-0.05, 0) is 64.4 Å². The maximum absolute atomic E-state index is 11.2. The van der Waals surface area contributed by atoms with E-state index < -0.39 is 10.4 Å². The number of hydrogen-bond donors (Lipinski definition) is 0. The van der Waals surface area contributed by atoms with E-state index >= 15 is 0 Å². The summed E-state index contributed by atoms with van der Waals surface area (Å²) in [6.07, 6.45) is 2.31. The summed E-state index contributed by atoms with van der Waals surface area (Å²) in [6, 6.07) is 7.60. The summed E-state index contributed by atoms with van der Waals surface area (Å²) in [6.45, 7) is 9.70. The number of benzene rings is 1. The van der Waals surface area contributed by atoms with Gasteiger partial charge < -0.3 is 4.74 Å². The lowest BCUT2D eigenvalue weighted by atomic mass is 9.93. The van der Waals surface area contributed by atoms with E-state index in [4.69, 9.17) is 18.1 Å². The van der Waals surface area contributed by atoms with Crippen molar-refractivity contribution in [2.75, 3.05) is 26.3 Å². The lowest BCUT2D eigenvalue weighted by Gasteiger charge is -2.40. The van der Waals surface area contributed by atoms with Gasteiger partial charge in [-0.15, -0.1) is 11.3 Å². The lowest BCUT2D eigenvalue weighted by Crippen LogP contribution is -2.45. The molecule has 0 N–H and O–H groups in total. The number of hydrogen-bond acceptors (Lipinski definition) is 8. The number of ether oxygens (including phenoxy) is 1. The van der Waals surface area contributed by atoms with Crippen LogP contribution in [-0.4, -0.2) is 50.1 Å². The molecule has 2 aromatic rings. The molecule has 0 spiro atoms. The normalized spacial score (nSPS) is 21.3. The molecule has 2 fully saturated rings. The molecule has 0 amide bonds. The Balaban J connectivity index is 1.27. The van der Waals surface area contributed by atoms with Crippen molar-refractivity contribution < 1.29 is 21.5 Å². The maximum atomic E-state index is 11.2. The molecule has 31 heavy (non-hydrogen) atoms. The lowest BCUT2D eigenvalue weighted by molar-refractivity contribution is 0.102. The van der Waals surface area contributed by atoms with E-state index in [1.54, 1.807) is 11.3 Å². The number of aromatic nitrogens is 1. The first kappa shape index (κ1) is 22.7. The highest BCUT2D eigenvalue weighted by atomic mass is 32.3. The van der Waals surface area contributed by atoms with Gasteiger partial charge in [0.2, 0.25) is 0 Å². The molecule has 2 aliphatic heterocycles. The van der Waals surface area contributed by atoms with Crippen molar-refractivity contribution in [2.45, 2.75) is 57.6 Å². The summed E-state index contributed by atoms with van der Waals surface area (Å²) in [5.74, 6) is 1.19. The average Bonchev–Trinajstić information content (AvgIpc) is 3.21. The SMILES string of the molecule is CC(C)(C)N1CCC(c2nc(COc3ccc(C4COS(=O)(=O)OC4)cc3)cs2)CC1. The molecule has 2 aliphatic rings. The second-order valence-electron chi connectivity index (χ2n) is 9.14. The molecule has 7 nitrogen and oxygen atoms in total. The zero-order valence-corrected chi connectivity index (χ0v) is 19.9. The Bertz CT molecular complexity index is 960. The van der Waals surface area contributed by atoms with Gasteiger partial charge in [-0.1, -0.05) is 12.1 Å². The molecule has 4 rings (SSSR count). The predicted molar refractivity (Wildman–Crippen MR) is 120 cm³/mol. The first-order chi connectivity index (χ1) is 14.7. The maximum Gasteiger partial charge on any atom is 0.399 e. The Labute approximate surface area is 188 Å². The number of rotatable bonds is 5. The van der Waals surface area contributed by atoms with Gasteiger partial charge in [-0.25, -0.2) is 13.4 Å². The van der Waals surface area contributed by atoms with Crippen molar-refractivity contribution in [3.63, 3.8) is 0 Å². The third-order valence-corrected chi connectivity index (χ3v) is 7.83. The van der Waals surface area contributed by atoms with Gasteiger partial charge in [0.15, 0.2) is 0 Å². The van der Waals surface area contributed by atoms with Gasteiger partial charge in [0.1, 0.15) is 12.4 Å². The second kappa shape index (κ2) is 9.15. The van der Waals surface area contributed by atoms with Crippen LogP contribution in [0.1, 0.15) is 61.7 Å². The minimum absolute atomic E-state index is 0.0960. The molecule has 1 aromatic carbocycles. The summed E-state index contributed by atoms with van der Waals surface area (Å²) in [7, 11) is -3.82. The van der Waals surface area contributed by atoms with Gasteiger partial charge in [0.05, 0.1) is 23.9 Å². The Kier molecular flexibility index (Phi) is 6.69. The second-order valence-corrected chi connectivity index (χ2v) is 11.3. The Hall–Kier alpha value is -1.52. The largest absolute Gasteiger partial charge is 0.487 e. The van der Waals surface area contributed by atoms with Crippen LogP contribution in [0.4, 0.5) is 0 Å². The molecule has 1 aromatic heterocycles. The molecule has 0 unspecified atom stereocenters. The van der Waals surface area contributed by atoms with Crippen LogP contribution in [0.2, 0.25) is 0 Å². The molecule has 3 heterocycles. The minimum Gasteiger partial charge on any atom is -0.487 e. The van der Waals surface area contributed by atoms with E-state index in [2.05, 4.69) is 31.1 Å². The van der Waals surface area contributed by atoms with Crippen molar-refractivity contribution in [2.24, 2.45) is 0 Å². The third kappa shape index (κ3) is 5.84. The molecular weight excluding hydrogens is 436 g/mol. The van der Waals surface area contributed by atoms with Crippen LogP contribution in [0.5, 0.6) is 5.75 Å². The van der Waals surface area contributed by atoms with Crippen LogP contribution in [0.15, 0.2) is 29.6 Å². The van der Waals surface area contributed by atoms with Gasteiger partial charge in [0, 0.05) is 22.8 Å². The predicted octanol–water partition coefficient (Wildman–Crippen LogP) is 4.08.